The van der Waals surface area contributed by atoms with E-state index in [1.807, 2.05) is 13.8 Å². The minimum atomic E-state index is 0.125. The number of rotatable bonds is 4. The Labute approximate surface area is 100 Å². The summed E-state index contributed by atoms with van der Waals surface area (Å²) >= 11 is 1.39. The summed E-state index contributed by atoms with van der Waals surface area (Å²) in [5.74, 6) is 2.05. The molecule has 1 heterocycles. The highest BCUT2D eigenvalue weighted by atomic mass is 32.1. The second-order valence-corrected chi connectivity index (χ2v) is 5.58. The third kappa shape index (κ3) is 2.40. The number of aromatic nitrogens is 1. The van der Waals surface area contributed by atoms with Gasteiger partial charge in [0.15, 0.2) is 16.6 Å². The molecule has 5 heteroatoms. The Kier molecular flexibility index (Phi) is 3.23. The van der Waals surface area contributed by atoms with Crippen molar-refractivity contribution in [2.75, 3.05) is 11.1 Å². The van der Waals surface area contributed by atoms with Crippen molar-refractivity contribution in [3.63, 3.8) is 0 Å². The lowest BCUT2D eigenvalue weighted by Gasteiger charge is -2.33. The van der Waals surface area contributed by atoms with Crippen molar-refractivity contribution in [3.05, 3.63) is 0 Å². The Hall–Kier alpha value is -0.970. The lowest BCUT2D eigenvalue weighted by atomic mass is 9.82. The maximum Gasteiger partial charge on any atom is 0.197 e. The highest BCUT2D eigenvalue weighted by molar-refractivity contribution is 7.11. The number of ether oxygens (including phenoxy) is 1. The quantitative estimate of drug-likeness (QED) is 0.851. The number of anilines is 2. The predicted molar refractivity (Wildman–Crippen MR) is 68.1 cm³/mol. The van der Waals surface area contributed by atoms with Crippen LogP contribution in [0.15, 0.2) is 0 Å². The molecule has 0 saturated heterocycles. The van der Waals surface area contributed by atoms with Crippen molar-refractivity contribution in [2.45, 2.75) is 45.8 Å². The van der Waals surface area contributed by atoms with Crippen LogP contribution in [-0.2, 0) is 0 Å². The molecule has 0 aromatic carbocycles. The van der Waals surface area contributed by atoms with Crippen LogP contribution in [-0.4, -0.2) is 16.5 Å². The average molecular weight is 241 g/mol. The maximum absolute atomic E-state index is 5.79. The van der Waals surface area contributed by atoms with Gasteiger partial charge >= 0.3 is 0 Å². The fourth-order valence-electron chi connectivity index (χ4n) is 1.94. The van der Waals surface area contributed by atoms with Gasteiger partial charge in [-0.05, 0) is 44.1 Å². The molecule has 4 nitrogen and oxygen atoms in total. The topological polar surface area (TPSA) is 60.2 Å². The van der Waals surface area contributed by atoms with Gasteiger partial charge in [0.1, 0.15) is 0 Å². The smallest absolute Gasteiger partial charge is 0.197 e. The van der Waals surface area contributed by atoms with Crippen LogP contribution in [0.5, 0.6) is 5.75 Å². The molecular weight excluding hydrogens is 222 g/mol. The summed E-state index contributed by atoms with van der Waals surface area (Å²) in [6, 6.07) is 0.560. The minimum absolute atomic E-state index is 0.125. The Balaban J connectivity index is 2.02. The highest BCUT2D eigenvalue weighted by Crippen LogP contribution is 2.39. The second kappa shape index (κ2) is 4.49. The lowest BCUT2D eigenvalue weighted by molar-refractivity contribution is 0.244. The minimum Gasteiger partial charge on any atom is -0.484 e. The molecule has 1 saturated carbocycles. The number of nitrogens with two attached hydrogens (primary N) is 1. The molecule has 0 aliphatic heterocycles. The summed E-state index contributed by atoms with van der Waals surface area (Å²) in [5.41, 5.74) is 5.79. The van der Waals surface area contributed by atoms with Crippen LogP contribution >= 0.6 is 11.5 Å². The van der Waals surface area contributed by atoms with Crippen molar-refractivity contribution in [3.8, 4) is 5.75 Å². The van der Waals surface area contributed by atoms with Crippen LogP contribution in [0.1, 0.15) is 33.6 Å². The summed E-state index contributed by atoms with van der Waals surface area (Å²) in [5, 5.41) is 4.43. The van der Waals surface area contributed by atoms with Gasteiger partial charge in [0.05, 0.1) is 6.10 Å². The van der Waals surface area contributed by atoms with E-state index in [-0.39, 0.29) is 6.10 Å². The molecule has 0 radical (unpaired) electrons. The number of hydrogen-bond acceptors (Lipinski definition) is 5. The molecule has 0 bridgehead atoms. The molecular formula is C11H19N3OS. The van der Waals surface area contributed by atoms with E-state index in [2.05, 4.69) is 16.6 Å². The van der Waals surface area contributed by atoms with E-state index in [1.54, 1.807) is 0 Å². The summed E-state index contributed by atoms with van der Waals surface area (Å²) in [6.45, 7) is 6.25. The molecule has 0 atom stereocenters. The number of nitrogens with zero attached hydrogens (tertiary/aromatic N) is 1. The van der Waals surface area contributed by atoms with E-state index in [4.69, 9.17) is 10.5 Å². The molecule has 90 valence electrons. The number of hydrogen-bond donors (Lipinski definition) is 2. The monoisotopic (exact) mass is 241 g/mol. The summed E-state index contributed by atoms with van der Waals surface area (Å²) in [7, 11) is 0. The average Bonchev–Trinajstić information content (AvgIpc) is 2.46. The van der Waals surface area contributed by atoms with Crippen LogP contribution in [0.4, 0.5) is 10.8 Å². The molecule has 3 N–H and O–H groups in total. The van der Waals surface area contributed by atoms with Crippen molar-refractivity contribution in [1.29, 1.82) is 0 Å². The Morgan fingerprint density at radius 2 is 2.19 bits per heavy atom. The molecule has 1 aromatic rings. The molecule has 16 heavy (non-hydrogen) atoms. The Morgan fingerprint density at radius 1 is 1.50 bits per heavy atom. The van der Waals surface area contributed by atoms with Crippen molar-refractivity contribution < 1.29 is 4.74 Å². The van der Waals surface area contributed by atoms with Crippen LogP contribution in [0.25, 0.3) is 0 Å². The fraction of sp³-hybridized carbons (Fsp3) is 0.727. The third-order valence-corrected chi connectivity index (χ3v) is 3.51. The van der Waals surface area contributed by atoms with E-state index in [0.717, 1.165) is 16.7 Å². The molecule has 0 spiro atoms. The number of nitrogen functional groups attached to an aromatic ring is 1. The van der Waals surface area contributed by atoms with E-state index in [0.29, 0.717) is 11.9 Å². The van der Waals surface area contributed by atoms with Gasteiger partial charge in [-0.15, -0.1) is 0 Å². The van der Waals surface area contributed by atoms with Crippen LogP contribution in [0, 0.1) is 5.92 Å². The van der Waals surface area contributed by atoms with Gasteiger partial charge in [-0.3, -0.25) is 0 Å². The first-order valence-electron chi connectivity index (χ1n) is 5.74. The van der Waals surface area contributed by atoms with Gasteiger partial charge < -0.3 is 15.8 Å². The normalized spacial score (nSPS) is 24.2. The van der Waals surface area contributed by atoms with E-state index in [9.17, 15) is 0 Å². The van der Waals surface area contributed by atoms with Crippen LogP contribution < -0.4 is 15.8 Å². The molecule has 1 aliphatic carbocycles. The van der Waals surface area contributed by atoms with Gasteiger partial charge in [0.25, 0.3) is 0 Å². The largest absolute Gasteiger partial charge is 0.484 e. The zero-order valence-electron chi connectivity index (χ0n) is 9.99. The van der Waals surface area contributed by atoms with Gasteiger partial charge in [0, 0.05) is 6.04 Å². The highest BCUT2D eigenvalue weighted by Gasteiger charge is 2.27. The summed E-state index contributed by atoms with van der Waals surface area (Å²) in [4.78, 5) is 0. The molecule has 1 aliphatic rings. The Morgan fingerprint density at radius 3 is 2.75 bits per heavy atom. The van der Waals surface area contributed by atoms with Crippen molar-refractivity contribution >= 4 is 22.4 Å². The number of nitrogens with one attached hydrogen (secondary N) is 1. The molecule has 0 unspecified atom stereocenters. The molecule has 1 aromatic heterocycles. The van der Waals surface area contributed by atoms with E-state index in [1.165, 1.54) is 24.4 Å². The fourth-order valence-corrected chi connectivity index (χ4v) is 2.67. The summed E-state index contributed by atoms with van der Waals surface area (Å²) < 4.78 is 9.80. The first-order valence-corrected chi connectivity index (χ1v) is 6.52. The third-order valence-electron chi connectivity index (χ3n) is 2.74. The first kappa shape index (κ1) is 11.5. The van der Waals surface area contributed by atoms with Crippen LogP contribution in [0.2, 0.25) is 0 Å². The van der Waals surface area contributed by atoms with Gasteiger partial charge in [0.2, 0.25) is 0 Å². The van der Waals surface area contributed by atoms with Gasteiger partial charge in [-0.2, -0.15) is 4.37 Å². The van der Waals surface area contributed by atoms with Gasteiger partial charge in [-0.1, -0.05) is 6.92 Å². The van der Waals surface area contributed by atoms with Crippen molar-refractivity contribution in [1.82, 2.24) is 4.37 Å². The van der Waals surface area contributed by atoms with E-state index < -0.39 is 0 Å². The zero-order chi connectivity index (χ0) is 11.7. The standard InChI is InChI=1S/C11H19N3OS/c1-6(2)15-9-10(12)14-16-11(9)13-8-4-7(3)5-8/h6-8,13H,4-5H2,1-3H3,(H2,12,14). The predicted octanol–water partition coefficient (Wildman–Crippen LogP) is 2.72. The van der Waals surface area contributed by atoms with Crippen molar-refractivity contribution in [2.24, 2.45) is 5.92 Å². The van der Waals surface area contributed by atoms with E-state index >= 15 is 0 Å². The SMILES string of the molecule is CC1CC(Nc2snc(N)c2OC(C)C)C1. The maximum atomic E-state index is 5.79. The zero-order valence-corrected chi connectivity index (χ0v) is 10.8. The van der Waals surface area contributed by atoms with Gasteiger partial charge in [-0.25, -0.2) is 0 Å². The second-order valence-electron chi connectivity index (χ2n) is 4.81. The lowest BCUT2D eigenvalue weighted by Crippen LogP contribution is -2.33. The molecule has 2 rings (SSSR count). The first-order chi connectivity index (χ1) is 7.56. The molecule has 0 amide bonds. The van der Waals surface area contributed by atoms with Crippen LogP contribution in [0.3, 0.4) is 0 Å². The molecule has 1 fully saturated rings. The Bertz CT molecular complexity index is 358. The summed E-state index contributed by atoms with van der Waals surface area (Å²) in [6.07, 6.45) is 2.57.